The van der Waals surface area contributed by atoms with E-state index in [1.54, 1.807) is 6.92 Å². The molecule has 2 aromatic rings. The molecule has 0 aliphatic heterocycles. The molecule has 0 amide bonds. The number of aryl methyl sites for hydroxylation is 1. The zero-order chi connectivity index (χ0) is 14.9. The van der Waals surface area contributed by atoms with Gasteiger partial charge in [-0.2, -0.15) is 5.10 Å². The number of carbonyl (C=O) groups is 1. The van der Waals surface area contributed by atoms with E-state index in [9.17, 15) is 4.79 Å². The Morgan fingerprint density at radius 3 is 2.75 bits per heavy atom. The normalized spacial score (nSPS) is 12.4. The molecule has 0 radical (unpaired) electrons. The van der Waals surface area contributed by atoms with Gasteiger partial charge in [0.1, 0.15) is 0 Å². The van der Waals surface area contributed by atoms with Crippen LogP contribution in [0.4, 0.5) is 0 Å². The van der Waals surface area contributed by atoms with Crippen LogP contribution < -0.4 is 0 Å². The fraction of sp³-hybridized carbons (Fsp3) is 0.333. The highest BCUT2D eigenvalue weighted by Crippen LogP contribution is 2.24. The van der Waals surface area contributed by atoms with Crippen LogP contribution in [-0.4, -0.2) is 20.9 Å². The summed E-state index contributed by atoms with van der Waals surface area (Å²) in [6.07, 6.45) is 0. The molecule has 1 N–H and O–H groups in total. The van der Waals surface area contributed by atoms with E-state index < -0.39 is 11.9 Å². The number of carboxylic acids is 1. The molecule has 0 aliphatic rings. The first-order chi connectivity index (χ1) is 9.40. The van der Waals surface area contributed by atoms with Gasteiger partial charge in [0.25, 0.3) is 0 Å². The van der Waals surface area contributed by atoms with Gasteiger partial charge in [-0.15, -0.1) is 0 Å². The summed E-state index contributed by atoms with van der Waals surface area (Å²) in [5.74, 6) is -1.39. The Kier molecular flexibility index (Phi) is 4.14. The SMILES string of the molecule is Cc1nn(Cc2cccc(Cl)c2)c(C)c1C(C)C(=O)O. The number of hydrogen-bond acceptors (Lipinski definition) is 2. The van der Waals surface area contributed by atoms with Gasteiger partial charge in [0.05, 0.1) is 18.2 Å². The van der Waals surface area contributed by atoms with Crippen molar-refractivity contribution >= 4 is 17.6 Å². The van der Waals surface area contributed by atoms with Crippen molar-refractivity contribution in [1.82, 2.24) is 9.78 Å². The fourth-order valence-corrected chi connectivity index (χ4v) is 2.64. The Bertz CT molecular complexity index is 649. The van der Waals surface area contributed by atoms with E-state index in [2.05, 4.69) is 5.10 Å². The summed E-state index contributed by atoms with van der Waals surface area (Å²) >= 11 is 5.97. The van der Waals surface area contributed by atoms with E-state index >= 15 is 0 Å². The molecule has 5 heteroatoms. The molecular weight excluding hydrogens is 276 g/mol. The molecule has 4 nitrogen and oxygen atoms in total. The second-order valence-corrected chi connectivity index (χ2v) is 5.37. The average Bonchev–Trinajstić information content (AvgIpc) is 2.63. The van der Waals surface area contributed by atoms with Crippen LogP contribution in [0.5, 0.6) is 0 Å². The van der Waals surface area contributed by atoms with E-state index in [4.69, 9.17) is 16.7 Å². The minimum atomic E-state index is -0.835. The van der Waals surface area contributed by atoms with Crippen molar-refractivity contribution in [2.24, 2.45) is 0 Å². The van der Waals surface area contributed by atoms with Gasteiger partial charge in [-0.25, -0.2) is 0 Å². The predicted molar refractivity (Wildman–Crippen MR) is 78.3 cm³/mol. The summed E-state index contributed by atoms with van der Waals surface area (Å²) in [4.78, 5) is 11.2. The Morgan fingerprint density at radius 2 is 2.15 bits per heavy atom. The lowest BCUT2D eigenvalue weighted by atomic mass is 9.99. The van der Waals surface area contributed by atoms with Crippen molar-refractivity contribution in [3.63, 3.8) is 0 Å². The molecule has 1 aromatic carbocycles. The Balaban J connectivity index is 2.35. The third-order valence-electron chi connectivity index (χ3n) is 3.46. The monoisotopic (exact) mass is 292 g/mol. The highest BCUT2D eigenvalue weighted by Gasteiger charge is 2.22. The number of aromatic nitrogens is 2. The summed E-state index contributed by atoms with van der Waals surface area (Å²) in [6.45, 7) is 6.01. The maximum Gasteiger partial charge on any atom is 0.310 e. The number of hydrogen-bond donors (Lipinski definition) is 1. The zero-order valence-corrected chi connectivity index (χ0v) is 12.5. The van der Waals surface area contributed by atoms with E-state index in [0.29, 0.717) is 11.6 Å². The lowest BCUT2D eigenvalue weighted by Gasteiger charge is -2.08. The van der Waals surface area contributed by atoms with Crippen molar-refractivity contribution in [2.75, 3.05) is 0 Å². The molecule has 106 valence electrons. The molecule has 0 saturated carbocycles. The lowest BCUT2D eigenvalue weighted by Crippen LogP contribution is -2.10. The van der Waals surface area contributed by atoms with Crippen molar-refractivity contribution in [3.8, 4) is 0 Å². The second-order valence-electron chi connectivity index (χ2n) is 4.93. The van der Waals surface area contributed by atoms with E-state index in [1.165, 1.54) is 0 Å². The van der Waals surface area contributed by atoms with Gasteiger partial charge in [0, 0.05) is 16.3 Å². The second kappa shape index (κ2) is 5.67. The van der Waals surface area contributed by atoms with E-state index in [1.807, 2.05) is 42.8 Å². The highest BCUT2D eigenvalue weighted by molar-refractivity contribution is 6.30. The largest absolute Gasteiger partial charge is 0.481 e. The number of benzene rings is 1. The number of rotatable bonds is 4. The first-order valence-corrected chi connectivity index (χ1v) is 6.79. The van der Waals surface area contributed by atoms with Crippen LogP contribution in [0.1, 0.15) is 35.4 Å². The quantitative estimate of drug-likeness (QED) is 0.940. The van der Waals surface area contributed by atoms with Crippen molar-refractivity contribution in [1.29, 1.82) is 0 Å². The van der Waals surface area contributed by atoms with Gasteiger partial charge in [0.15, 0.2) is 0 Å². The molecule has 0 bridgehead atoms. The molecule has 20 heavy (non-hydrogen) atoms. The maximum absolute atomic E-state index is 11.2. The van der Waals surface area contributed by atoms with E-state index in [-0.39, 0.29) is 0 Å². The summed E-state index contributed by atoms with van der Waals surface area (Å²) < 4.78 is 1.83. The van der Waals surface area contributed by atoms with Gasteiger partial charge in [-0.05, 0) is 38.5 Å². The molecular formula is C15H17ClN2O2. The third-order valence-corrected chi connectivity index (χ3v) is 3.70. The number of nitrogens with zero attached hydrogens (tertiary/aromatic N) is 2. The average molecular weight is 293 g/mol. The smallest absolute Gasteiger partial charge is 0.310 e. The van der Waals surface area contributed by atoms with Gasteiger partial charge in [-0.1, -0.05) is 23.7 Å². The van der Waals surface area contributed by atoms with Gasteiger partial charge in [0.2, 0.25) is 0 Å². The van der Waals surface area contributed by atoms with Crippen LogP contribution in [0.25, 0.3) is 0 Å². The first kappa shape index (κ1) is 14.6. The molecule has 0 spiro atoms. The van der Waals surface area contributed by atoms with Crippen molar-refractivity contribution in [3.05, 3.63) is 51.8 Å². The third kappa shape index (κ3) is 2.85. The van der Waals surface area contributed by atoms with Gasteiger partial charge >= 0.3 is 5.97 Å². The van der Waals surface area contributed by atoms with Gasteiger partial charge in [-0.3, -0.25) is 9.48 Å². The molecule has 1 aromatic heterocycles. The number of carboxylic acid groups (broad SMARTS) is 1. The molecule has 0 saturated heterocycles. The topological polar surface area (TPSA) is 55.1 Å². The minimum Gasteiger partial charge on any atom is -0.481 e. The summed E-state index contributed by atoms with van der Waals surface area (Å²) in [5, 5.41) is 14.3. The summed E-state index contributed by atoms with van der Waals surface area (Å²) in [7, 11) is 0. The molecule has 0 fully saturated rings. The summed E-state index contributed by atoms with van der Waals surface area (Å²) in [6, 6.07) is 7.58. The van der Waals surface area contributed by atoms with Crippen LogP contribution in [-0.2, 0) is 11.3 Å². The molecule has 1 atom stereocenters. The standard InChI is InChI=1S/C15H17ClN2O2/c1-9(15(19)20)14-10(2)17-18(11(14)3)8-12-5-4-6-13(16)7-12/h4-7,9H,8H2,1-3H3,(H,19,20). The van der Waals surface area contributed by atoms with Crippen LogP contribution >= 0.6 is 11.6 Å². The number of aliphatic carboxylic acids is 1. The molecule has 1 unspecified atom stereocenters. The van der Waals surface area contributed by atoms with Crippen molar-refractivity contribution in [2.45, 2.75) is 33.2 Å². The Morgan fingerprint density at radius 1 is 1.45 bits per heavy atom. The predicted octanol–water partition coefficient (Wildman–Crippen LogP) is 3.39. The van der Waals surface area contributed by atoms with Crippen LogP contribution in [0.3, 0.4) is 0 Å². The molecule has 0 aliphatic carbocycles. The van der Waals surface area contributed by atoms with Crippen LogP contribution in [0, 0.1) is 13.8 Å². The summed E-state index contributed by atoms with van der Waals surface area (Å²) in [5.41, 5.74) is 3.48. The number of halogens is 1. The highest BCUT2D eigenvalue weighted by atomic mass is 35.5. The lowest BCUT2D eigenvalue weighted by molar-refractivity contribution is -0.138. The zero-order valence-electron chi connectivity index (χ0n) is 11.7. The molecule has 1 heterocycles. The van der Waals surface area contributed by atoms with E-state index in [0.717, 1.165) is 22.5 Å². The Labute approximate surface area is 123 Å². The van der Waals surface area contributed by atoms with Crippen molar-refractivity contribution < 1.29 is 9.90 Å². The van der Waals surface area contributed by atoms with Gasteiger partial charge < -0.3 is 5.11 Å². The van der Waals surface area contributed by atoms with Crippen LogP contribution in [0.2, 0.25) is 5.02 Å². The maximum atomic E-state index is 11.2. The molecule has 2 rings (SSSR count). The Hall–Kier alpha value is -1.81. The minimum absolute atomic E-state index is 0.553. The first-order valence-electron chi connectivity index (χ1n) is 6.41. The fourth-order valence-electron chi connectivity index (χ4n) is 2.42. The van der Waals surface area contributed by atoms with Crippen LogP contribution in [0.15, 0.2) is 24.3 Å².